The molecule has 0 rings (SSSR count). The second-order valence-corrected chi connectivity index (χ2v) is 2.15. The summed E-state index contributed by atoms with van der Waals surface area (Å²) in [7, 11) is 0. The van der Waals surface area contributed by atoms with Crippen LogP contribution in [0.25, 0.3) is 0 Å². The Kier molecular flexibility index (Phi) is 4.71. The van der Waals surface area contributed by atoms with Gasteiger partial charge in [0.15, 0.2) is 6.10 Å². The van der Waals surface area contributed by atoms with Crippen LogP contribution in [0.3, 0.4) is 0 Å². The quantitative estimate of drug-likeness (QED) is 0.676. The predicted octanol–water partition coefficient (Wildman–Crippen LogP) is 1.01. The van der Waals surface area contributed by atoms with E-state index >= 15 is 0 Å². The van der Waals surface area contributed by atoms with Crippen molar-refractivity contribution in [3.63, 3.8) is 0 Å². The summed E-state index contributed by atoms with van der Waals surface area (Å²) >= 11 is 0. The molecule has 0 aliphatic heterocycles. The molecule has 0 fully saturated rings. The topological polar surface area (TPSA) is 55.8 Å². The molecule has 0 bridgehead atoms. The smallest absolute Gasteiger partial charge is 0.479 e. The first-order valence-electron chi connectivity index (χ1n) is 3.38. The normalized spacial score (nSPS) is 14.2. The van der Waals surface area contributed by atoms with Crippen LogP contribution in [0.1, 0.15) is 6.92 Å². The van der Waals surface area contributed by atoms with Crippen LogP contribution < -0.4 is 0 Å². The van der Waals surface area contributed by atoms with Gasteiger partial charge in [0.05, 0.1) is 13.2 Å². The highest BCUT2D eigenvalue weighted by Gasteiger charge is 2.28. The fourth-order valence-corrected chi connectivity index (χ4v) is 0.454. The molecule has 0 heterocycles. The Labute approximate surface area is 72.2 Å². The van der Waals surface area contributed by atoms with E-state index in [2.05, 4.69) is 9.47 Å². The van der Waals surface area contributed by atoms with Crippen LogP contribution in [0.4, 0.5) is 13.2 Å². The maximum atomic E-state index is 11.3. The van der Waals surface area contributed by atoms with E-state index in [9.17, 15) is 18.0 Å². The van der Waals surface area contributed by atoms with Gasteiger partial charge in [-0.3, -0.25) is 4.74 Å². The van der Waals surface area contributed by atoms with E-state index in [1.807, 2.05) is 0 Å². The molecular formula is C6H9F3O4. The number of aliphatic carboxylic acids is 1. The number of hydrogen-bond acceptors (Lipinski definition) is 3. The second-order valence-electron chi connectivity index (χ2n) is 2.15. The number of ether oxygens (including phenoxy) is 2. The number of halogens is 3. The van der Waals surface area contributed by atoms with Crippen LogP contribution in [-0.2, 0) is 14.3 Å². The third-order valence-corrected chi connectivity index (χ3v) is 1.06. The number of carboxylic acids is 1. The number of alkyl halides is 3. The van der Waals surface area contributed by atoms with E-state index in [0.717, 1.165) is 0 Å². The Morgan fingerprint density at radius 2 is 2.00 bits per heavy atom. The van der Waals surface area contributed by atoms with E-state index < -0.39 is 31.6 Å². The van der Waals surface area contributed by atoms with Gasteiger partial charge in [-0.25, -0.2) is 4.79 Å². The summed E-state index contributed by atoms with van der Waals surface area (Å²) in [5, 5.41) is 8.25. The minimum absolute atomic E-state index is 0.410. The molecule has 0 unspecified atom stereocenters. The number of hydrogen-bond donors (Lipinski definition) is 1. The van der Waals surface area contributed by atoms with Crippen molar-refractivity contribution in [1.82, 2.24) is 0 Å². The largest absolute Gasteiger partial charge is 0.522 e. The van der Waals surface area contributed by atoms with E-state index in [4.69, 9.17) is 5.11 Å². The molecule has 1 N–H and O–H groups in total. The van der Waals surface area contributed by atoms with Crippen LogP contribution in [-0.4, -0.2) is 36.8 Å². The van der Waals surface area contributed by atoms with Crippen LogP contribution >= 0.6 is 0 Å². The van der Waals surface area contributed by atoms with Gasteiger partial charge in [-0.05, 0) is 6.92 Å². The third kappa shape index (κ3) is 7.54. The molecule has 0 saturated carbocycles. The van der Waals surface area contributed by atoms with Crippen molar-refractivity contribution < 1.29 is 32.5 Å². The van der Waals surface area contributed by atoms with Gasteiger partial charge in [-0.1, -0.05) is 0 Å². The predicted molar refractivity (Wildman–Crippen MR) is 35.1 cm³/mol. The van der Waals surface area contributed by atoms with Crippen LogP contribution in [0, 0.1) is 0 Å². The minimum Gasteiger partial charge on any atom is -0.479 e. The van der Waals surface area contributed by atoms with Gasteiger partial charge < -0.3 is 9.84 Å². The summed E-state index contributed by atoms with van der Waals surface area (Å²) in [6, 6.07) is 0. The summed E-state index contributed by atoms with van der Waals surface area (Å²) in [6.07, 6.45) is -5.83. The molecule has 0 aliphatic carbocycles. The van der Waals surface area contributed by atoms with E-state index in [0.29, 0.717) is 0 Å². The van der Waals surface area contributed by atoms with Crippen molar-refractivity contribution in [2.75, 3.05) is 13.2 Å². The van der Waals surface area contributed by atoms with Gasteiger partial charge in [0.1, 0.15) is 0 Å². The molecular weight excluding hydrogens is 193 g/mol. The molecule has 0 aromatic heterocycles. The molecule has 13 heavy (non-hydrogen) atoms. The minimum atomic E-state index is -4.70. The molecule has 0 spiro atoms. The van der Waals surface area contributed by atoms with E-state index in [1.165, 1.54) is 6.92 Å². The Bertz CT molecular complexity index is 168. The summed E-state index contributed by atoms with van der Waals surface area (Å²) in [6.45, 7) is 0.101. The lowest BCUT2D eigenvalue weighted by Gasteiger charge is -2.09. The molecule has 4 nitrogen and oxygen atoms in total. The van der Waals surface area contributed by atoms with E-state index in [1.54, 1.807) is 0 Å². The van der Waals surface area contributed by atoms with Gasteiger partial charge in [0.2, 0.25) is 0 Å². The van der Waals surface area contributed by atoms with Crippen LogP contribution in [0.2, 0.25) is 0 Å². The zero-order valence-electron chi connectivity index (χ0n) is 6.80. The molecule has 0 radical (unpaired) electrons. The first kappa shape index (κ1) is 12.2. The van der Waals surface area contributed by atoms with Crippen molar-refractivity contribution >= 4 is 5.97 Å². The second kappa shape index (κ2) is 5.03. The average molecular weight is 202 g/mol. The SMILES string of the molecule is C[C@@H](OCCOC(F)(F)F)C(=O)O. The molecule has 78 valence electrons. The summed E-state index contributed by atoms with van der Waals surface area (Å²) < 4.78 is 41.8. The zero-order chi connectivity index (χ0) is 10.5. The number of carbonyl (C=O) groups is 1. The van der Waals surface area contributed by atoms with Gasteiger partial charge in [0, 0.05) is 0 Å². The van der Waals surface area contributed by atoms with Crippen molar-refractivity contribution in [3.05, 3.63) is 0 Å². The molecule has 7 heteroatoms. The highest BCUT2D eigenvalue weighted by atomic mass is 19.4. The van der Waals surface area contributed by atoms with Gasteiger partial charge in [0.25, 0.3) is 0 Å². The molecule has 0 aliphatic rings. The maximum Gasteiger partial charge on any atom is 0.522 e. The van der Waals surface area contributed by atoms with Crippen molar-refractivity contribution in [2.45, 2.75) is 19.4 Å². The number of rotatable bonds is 5. The van der Waals surface area contributed by atoms with Crippen molar-refractivity contribution in [3.8, 4) is 0 Å². The Balaban J connectivity index is 3.41. The average Bonchev–Trinajstić information content (AvgIpc) is 1.95. The lowest BCUT2D eigenvalue weighted by atomic mass is 10.4. The standard InChI is InChI=1S/C6H9F3O4/c1-4(5(10)11)12-2-3-13-6(7,8)9/h4H,2-3H2,1H3,(H,10,11)/t4-/m1/s1. The zero-order valence-corrected chi connectivity index (χ0v) is 6.80. The fraction of sp³-hybridized carbons (Fsp3) is 0.833. The molecule has 0 amide bonds. The third-order valence-electron chi connectivity index (χ3n) is 1.06. The highest BCUT2D eigenvalue weighted by Crippen LogP contribution is 2.15. The number of carboxylic acid groups (broad SMARTS) is 1. The monoisotopic (exact) mass is 202 g/mol. The lowest BCUT2D eigenvalue weighted by Crippen LogP contribution is -2.24. The van der Waals surface area contributed by atoms with Crippen molar-refractivity contribution in [1.29, 1.82) is 0 Å². The van der Waals surface area contributed by atoms with Crippen molar-refractivity contribution in [2.24, 2.45) is 0 Å². The summed E-state index contributed by atoms with van der Waals surface area (Å²) in [5.74, 6) is -1.23. The molecule has 0 aromatic carbocycles. The Morgan fingerprint density at radius 1 is 1.46 bits per heavy atom. The highest BCUT2D eigenvalue weighted by molar-refractivity contribution is 5.71. The molecule has 0 saturated heterocycles. The molecule has 0 aromatic rings. The van der Waals surface area contributed by atoms with Crippen LogP contribution in [0.15, 0.2) is 0 Å². The first-order chi connectivity index (χ1) is 5.83. The maximum absolute atomic E-state index is 11.3. The van der Waals surface area contributed by atoms with Crippen LogP contribution in [0.5, 0.6) is 0 Å². The lowest BCUT2D eigenvalue weighted by molar-refractivity contribution is -0.327. The summed E-state index contributed by atoms with van der Waals surface area (Å²) in [4.78, 5) is 10.1. The fourth-order valence-electron chi connectivity index (χ4n) is 0.454. The first-order valence-corrected chi connectivity index (χ1v) is 3.38. The Morgan fingerprint density at radius 3 is 2.38 bits per heavy atom. The molecule has 1 atom stereocenters. The van der Waals surface area contributed by atoms with E-state index in [-0.39, 0.29) is 0 Å². The van der Waals surface area contributed by atoms with Gasteiger partial charge in [-0.2, -0.15) is 0 Å². The Hall–Kier alpha value is -0.820. The van der Waals surface area contributed by atoms with Gasteiger partial charge >= 0.3 is 12.3 Å². The van der Waals surface area contributed by atoms with Gasteiger partial charge in [-0.15, -0.1) is 13.2 Å². The summed E-state index contributed by atoms with van der Waals surface area (Å²) in [5.41, 5.74) is 0.